The van der Waals surface area contributed by atoms with Gasteiger partial charge in [0.1, 0.15) is 53.5 Å². The van der Waals surface area contributed by atoms with E-state index in [0.717, 1.165) is 35.8 Å². The Morgan fingerprint density at radius 3 is 1.23 bits per heavy atom. The first-order chi connectivity index (χ1) is 36.7. The van der Waals surface area contributed by atoms with Gasteiger partial charge in [-0.1, -0.05) is 115 Å². The number of ketones is 1. The van der Waals surface area contributed by atoms with Crippen molar-refractivity contribution in [1.82, 2.24) is 4.98 Å². The number of aromatic nitrogens is 1. The fourth-order valence-corrected chi connectivity index (χ4v) is 13.2. The van der Waals surface area contributed by atoms with E-state index in [-0.39, 0.29) is 51.7 Å². The summed E-state index contributed by atoms with van der Waals surface area (Å²) in [4.78, 5) is 25.8. The average molecular weight is 1120 g/mol. The van der Waals surface area contributed by atoms with Crippen molar-refractivity contribution in [2.45, 2.75) is 26.2 Å². The van der Waals surface area contributed by atoms with Crippen molar-refractivity contribution in [1.29, 1.82) is 0 Å². The van der Waals surface area contributed by atoms with Crippen LogP contribution in [-0.2, 0) is 34.2 Å². The molecule has 77 heavy (non-hydrogen) atoms. The quantitative estimate of drug-likeness (QED) is 0.0734. The summed E-state index contributed by atoms with van der Waals surface area (Å²) in [5, 5.41) is 12.1. The maximum atomic E-state index is 13.0. The topological polar surface area (TPSA) is 90.4 Å². The second kappa shape index (κ2) is 26.8. The Morgan fingerprint density at radius 2 is 0.844 bits per heavy atom. The SMILES string of the molecule is CC(C)=O.FC(F)(F)c1cccc(N=C2N=C(c3ccncc3)[N-]C2=Nc2cccc(C(F)(F)F)c2)c1.[Cu+].c1ccc([PH+](c2ccccc2)c2ccccc2Oc2ccccc2[PH+](c2ccccc2)c2ccccc2)cc1. The van der Waals surface area contributed by atoms with E-state index in [4.69, 9.17) is 4.74 Å². The third kappa shape index (κ3) is 15.6. The average Bonchev–Trinajstić information content (AvgIpc) is 3.84. The van der Waals surface area contributed by atoms with E-state index in [0.29, 0.717) is 5.56 Å². The van der Waals surface area contributed by atoms with Gasteiger partial charge in [0.15, 0.2) is 11.5 Å². The molecule has 0 spiro atoms. The Balaban J connectivity index is 0.000000209. The Labute approximate surface area is 455 Å². The predicted molar refractivity (Wildman–Crippen MR) is 301 cm³/mol. The van der Waals surface area contributed by atoms with Gasteiger partial charge in [-0.25, -0.2) is 4.99 Å². The summed E-state index contributed by atoms with van der Waals surface area (Å²) in [7, 11) is -2.56. The minimum absolute atomic E-state index is 0. The van der Waals surface area contributed by atoms with Gasteiger partial charge in [-0.15, -0.1) is 0 Å². The molecule has 0 saturated carbocycles. The van der Waals surface area contributed by atoms with E-state index in [1.54, 1.807) is 12.1 Å². The number of benzene rings is 8. The van der Waals surface area contributed by atoms with Crippen LogP contribution in [-0.4, -0.2) is 28.3 Å². The standard InChI is InChI=1S/C36H28OP2.C22H12F6N5.C3H6O.Cu/c1-5-17-29(18-6-1)38(30-19-7-2-8-20-30)35-27-15-13-25-33(35)37-34-26-14-16-28-36(34)39(31-21-9-3-10-22-31)32-23-11-4-12-24-32;23-21(24,25)14-3-1-5-16(11-14)30-19-20(33-18(32-19)13-7-9-29-10-8-13)31-17-6-2-4-15(12-17)22(26,27)28;1-3(2)4;/h1-28H;1-12H;1-2H3;/q;-1;;+1/p+2. The van der Waals surface area contributed by atoms with Crippen molar-refractivity contribution in [2.75, 3.05) is 0 Å². The van der Waals surface area contributed by atoms with Crippen LogP contribution in [0.2, 0.25) is 0 Å². The smallest absolute Gasteiger partial charge is 0.449 e. The molecular formula is C61H48CuF6N5O2P2+2. The van der Waals surface area contributed by atoms with Crippen LogP contribution >= 0.6 is 15.8 Å². The first-order valence-electron chi connectivity index (χ1n) is 23.7. The summed E-state index contributed by atoms with van der Waals surface area (Å²) in [6.07, 6.45) is -6.18. The summed E-state index contributed by atoms with van der Waals surface area (Å²) in [6.45, 7) is 3.06. The van der Waals surface area contributed by atoms with Gasteiger partial charge in [-0.2, -0.15) is 26.3 Å². The van der Waals surface area contributed by atoms with Crippen LogP contribution in [0.4, 0.5) is 37.7 Å². The van der Waals surface area contributed by atoms with E-state index >= 15 is 0 Å². The predicted octanol–water partition coefficient (Wildman–Crippen LogP) is 13.8. The van der Waals surface area contributed by atoms with E-state index in [9.17, 15) is 31.1 Å². The normalized spacial score (nSPS) is 13.1. The van der Waals surface area contributed by atoms with Crippen LogP contribution < -0.4 is 36.6 Å². The van der Waals surface area contributed by atoms with E-state index in [2.05, 4.69) is 195 Å². The monoisotopic (exact) mass is 1120 g/mol. The number of carbonyl (C=O) groups excluding carboxylic acids is 1. The maximum Gasteiger partial charge on any atom is 1.00 e. The molecule has 0 fully saturated rings. The Bertz CT molecular complexity index is 3260. The summed E-state index contributed by atoms with van der Waals surface area (Å²) >= 11 is 0. The van der Waals surface area contributed by atoms with Gasteiger partial charge >= 0.3 is 29.4 Å². The third-order valence-electron chi connectivity index (χ3n) is 11.2. The summed E-state index contributed by atoms with van der Waals surface area (Å²) in [5.41, 5.74) is -1.42. The first-order valence-corrected chi connectivity index (χ1v) is 26.7. The molecule has 8 aromatic carbocycles. The molecule has 0 radical (unpaired) electrons. The number of rotatable bonds is 11. The van der Waals surface area contributed by atoms with Gasteiger partial charge in [0.05, 0.1) is 22.6 Å². The van der Waals surface area contributed by atoms with Crippen LogP contribution in [0.5, 0.6) is 11.5 Å². The van der Waals surface area contributed by atoms with Gasteiger partial charge in [0, 0.05) is 24.1 Å². The summed E-state index contributed by atoms with van der Waals surface area (Å²) in [6, 6.07) is 72.3. The number of pyridine rings is 1. The second-order valence-corrected chi connectivity index (χ2v) is 21.9. The molecule has 0 saturated heterocycles. The molecule has 1 aromatic heterocycles. The van der Waals surface area contributed by atoms with Crippen LogP contribution in [0.3, 0.4) is 0 Å². The van der Waals surface area contributed by atoms with Gasteiger partial charge in [0.2, 0.25) is 0 Å². The fourth-order valence-electron chi connectivity index (χ4n) is 7.87. The first kappa shape index (κ1) is 56.9. The molecule has 390 valence electrons. The number of ether oxygens (including phenoxy) is 1. The number of carbonyl (C=O) groups is 1. The number of aliphatic imine (C=N–C) groups is 3. The summed E-state index contributed by atoms with van der Waals surface area (Å²) < 4.78 is 85.2. The molecule has 1 aliphatic heterocycles. The van der Waals surface area contributed by atoms with Crippen molar-refractivity contribution >= 4 is 82.3 Å². The van der Waals surface area contributed by atoms with Crippen molar-refractivity contribution in [3.05, 3.63) is 265 Å². The Kier molecular flexibility index (Phi) is 19.8. The molecule has 0 bridgehead atoms. The molecule has 0 amide bonds. The zero-order valence-corrected chi connectivity index (χ0v) is 44.2. The number of Topliss-reactive ketones (excluding diaryl/α,β-unsaturated/α-hetero) is 1. The van der Waals surface area contributed by atoms with Crippen molar-refractivity contribution in [2.24, 2.45) is 15.0 Å². The third-order valence-corrected chi connectivity index (χ3v) is 16.7. The number of halogens is 6. The molecule has 10 rings (SSSR count). The zero-order chi connectivity index (χ0) is 53.5. The Morgan fingerprint density at radius 1 is 0.481 bits per heavy atom. The molecule has 9 aromatic rings. The van der Waals surface area contributed by atoms with E-state index in [1.165, 1.54) is 82.3 Å². The molecule has 16 heteroatoms. The van der Waals surface area contributed by atoms with Crippen molar-refractivity contribution < 1.29 is 52.9 Å². The van der Waals surface area contributed by atoms with Gasteiger partial charge in [-0.05, 0) is 140 Å². The number of amidine groups is 3. The maximum absolute atomic E-state index is 13.0. The number of hydrogen-bond donors (Lipinski definition) is 0. The van der Waals surface area contributed by atoms with E-state index in [1.807, 2.05) is 0 Å². The second-order valence-electron chi connectivity index (χ2n) is 17.0. The minimum Gasteiger partial charge on any atom is -0.449 e. The molecule has 1 aliphatic rings. The number of para-hydroxylation sites is 2. The van der Waals surface area contributed by atoms with Gasteiger partial charge in [-0.3, -0.25) is 4.98 Å². The number of alkyl halides is 6. The van der Waals surface area contributed by atoms with Crippen molar-refractivity contribution in [3.63, 3.8) is 0 Å². The molecule has 0 aliphatic carbocycles. The Hall–Kier alpha value is -7.85. The van der Waals surface area contributed by atoms with Crippen LogP contribution in [0.1, 0.15) is 30.5 Å². The molecule has 0 unspecified atom stereocenters. The largest absolute Gasteiger partial charge is 1.00 e. The summed E-state index contributed by atoms with van der Waals surface area (Å²) in [5.74, 6) is 1.88. The molecule has 2 heterocycles. The minimum atomic E-state index is -4.57. The molecular weight excluding hydrogens is 1070 g/mol. The van der Waals surface area contributed by atoms with Gasteiger partial charge < -0.3 is 24.8 Å². The van der Waals surface area contributed by atoms with Crippen molar-refractivity contribution in [3.8, 4) is 11.5 Å². The van der Waals surface area contributed by atoms with Gasteiger partial charge in [0.25, 0.3) is 0 Å². The van der Waals surface area contributed by atoms with Crippen LogP contribution in [0.15, 0.2) is 258 Å². The number of nitrogens with zero attached hydrogens (tertiary/aromatic N) is 5. The van der Waals surface area contributed by atoms with Crippen LogP contribution in [0, 0.1) is 0 Å². The van der Waals surface area contributed by atoms with E-state index < -0.39 is 39.3 Å². The zero-order valence-electron chi connectivity index (χ0n) is 41.2. The number of hydrogen-bond acceptors (Lipinski definition) is 5. The molecule has 0 N–H and O–H groups in total. The van der Waals surface area contributed by atoms with Crippen LogP contribution in [0.25, 0.3) is 5.32 Å². The fraction of sp³-hybridized carbons (Fsp3) is 0.0656. The molecule has 7 nitrogen and oxygen atoms in total. The molecule has 0 atom stereocenters.